The summed E-state index contributed by atoms with van der Waals surface area (Å²) in [6.45, 7) is 10.5. The van der Waals surface area contributed by atoms with Crippen molar-refractivity contribution < 1.29 is 28.8 Å². The molecular formula is C20H42O6. The monoisotopic (exact) mass is 378 g/mol. The quantitative estimate of drug-likeness (QED) is 0.274. The minimum Gasteiger partial charge on any atom is -0.394 e. The number of aliphatic hydroxyl groups excluding tert-OH is 1. The summed E-state index contributed by atoms with van der Waals surface area (Å²) in [4.78, 5) is 0. The lowest BCUT2D eigenvalue weighted by Crippen LogP contribution is -2.44. The summed E-state index contributed by atoms with van der Waals surface area (Å²) in [6, 6.07) is 0. The Balaban J connectivity index is 4.74. The molecule has 0 amide bonds. The molecule has 6 nitrogen and oxygen atoms in total. The lowest BCUT2D eigenvalue weighted by atomic mass is 10.2. The van der Waals surface area contributed by atoms with Gasteiger partial charge in [0.2, 0.25) is 0 Å². The Morgan fingerprint density at radius 1 is 0.808 bits per heavy atom. The molecule has 0 aromatic carbocycles. The Labute approximate surface area is 160 Å². The van der Waals surface area contributed by atoms with Gasteiger partial charge in [0, 0.05) is 26.9 Å². The summed E-state index contributed by atoms with van der Waals surface area (Å²) in [7, 11) is 1.60. The Bertz CT molecular complexity index is 289. The van der Waals surface area contributed by atoms with Crippen LogP contribution in [0.4, 0.5) is 0 Å². The van der Waals surface area contributed by atoms with E-state index in [0.29, 0.717) is 26.4 Å². The molecule has 0 bridgehead atoms. The molecule has 0 aliphatic carbocycles. The fraction of sp³-hybridized carbons (Fsp3) is 1.00. The molecule has 0 spiro atoms. The van der Waals surface area contributed by atoms with Crippen molar-refractivity contribution in [2.45, 2.75) is 90.8 Å². The van der Waals surface area contributed by atoms with Gasteiger partial charge in [0.05, 0.1) is 13.2 Å². The third kappa shape index (κ3) is 12.2. The molecule has 6 heteroatoms. The first-order valence-corrected chi connectivity index (χ1v) is 10.2. The van der Waals surface area contributed by atoms with Gasteiger partial charge in [-0.25, -0.2) is 0 Å². The summed E-state index contributed by atoms with van der Waals surface area (Å²) in [5.41, 5.74) is 0. The van der Waals surface area contributed by atoms with Crippen molar-refractivity contribution in [1.29, 1.82) is 0 Å². The van der Waals surface area contributed by atoms with E-state index in [2.05, 4.69) is 20.8 Å². The minimum atomic E-state index is -0.532. The van der Waals surface area contributed by atoms with Gasteiger partial charge in [-0.1, -0.05) is 40.0 Å². The van der Waals surface area contributed by atoms with Crippen molar-refractivity contribution in [2.24, 2.45) is 0 Å². The first-order chi connectivity index (χ1) is 12.6. The zero-order valence-electron chi connectivity index (χ0n) is 17.6. The number of aliphatic hydroxyl groups is 1. The normalized spacial score (nSPS) is 16.4. The van der Waals surface area contributed by atoms with E-state index < -0.39 is 18.5 Å². The van der Waals surface area contributed by atoms with Crippen LogP contribution in [0.3, 0.4) is 0 Å². The molecule has 0 saturated carbocycles. The molecule has 0 aromatic heterocycles. The maximum Gasteiger partial charge on any atom is 0.183 e. The molecule has 0 aliphatic rings. The second kappa shape index (κ2) is 18.1. The van der Waals surface area contributed by atoms with Gasteiger partial charge in [0.25, 0.3) is 0 Å². The van der Waals surface area contributed by atoms with Crippen LogP contribution in [0.2, 0.25) is 0 Å². The lowest BCUT2D eigenvalue weighted by molar-refractivity contribution is -0.242. The number of hydrogen-bond donors (Lipinski definition) is 1. The molecule has 0 aliphatic heterocycles. The molecule has 4 atom stereocenters. The average Bonchev–Trinajstić information content (AvgIpc) is 2.65. The second-order valence-corrected chi connectivity index (χ2v) is 6.58. The van der Waals surface area contributed by atoms with Gasteiger partial charge in [-0.3, -0.25) is 0 Å². The van der Waals surface area contributed by atoms with Crippen molar-refractivity contribution in [3.05, 3.63) is 0 Å². The maximum atomic E-state index is 9.76. The van der Waals surface area contributed by atoms with Crippen LogP contribution in [0, 0.1) is 0 Å². The molecule has 0 fully saturated rings. The molecule has 0 saturated heterocycles. The number of unbranched alkanes of at least 4 members (excludes halogenated alkanes) is 3. The van der Waals surface area contributed by atoms with Crippen molar-refractivity contribution in [1.82, 2.24) is 0 Å². The van der Waals surface area contributed by atoms with Crippen molar-refractivity contribution >= 4 is 0 Å². The van der Waals surface area contributed by atoms with E-state index in [1.165, 1.54) is 0 Å². The highest BCUT2D eigenvalue weighted by Gasteiger charge is 2.29. The van der Waals surface area contributed by atoms with E-state index in [1.807, 2.05) is 6.92 Å². The second-order valence-electron chi connectivity index (χ2n) is 6.58. The van der Waals surface area contributed by atoms with Crippen molar-refractivity contribution in [2.75, 3.05) is 40.1 Å². The average molecular weight is 379 g/mol. The summed E-state index contributed by atoms with van der Waals surface area (Å²) >= 11 is 0. The van der Waals surface area contributed by atoms with E-state index in [9.17, 15) is 5.11 Å². The van der Waals surface area contributed by atoms with Crippen LogP contribution in [-0.4, -0.2) is 69.9 Å². The molecule has 158 valence electrons. The number of rotatable bonds is 19. The Morgan fingerprint density at radius 3 is 1.92 bits per heavy atom. The first-order valence-electron chi connectivity index (χ1n) is 10.2. The summed E-state index contributed by atoms with van der Waals surface area (Å²) in [6.07, 6.45) is 4.56. The lowest BCUT2D eigenvalue weighted by Gasteiger charge is -2.32. The molecule has 26 heavy (non-hydrogen) atoms. The molecule has 1 N–H and O–H groups in total. The minimum absolute atomic E-state index is 0.118. The van der Waals surface area contributed by atoms with E-state index in [1.54, 1.807) is 7.11 Å². The van der Waals surface area contributed by atoms with Gasteiger partial charge >= 0.3 is 0 Å². The van der Waals surface area contributed by atoms with Crippen molar-refractivity contribution in [3.63, 3.8) is 0 Å². The highest BCUT2D eigenvalue weighted by molar-refractivity contribution is 4.73. The third-order valence-corrected chi connectivity index (χ3v) is 4.15. The Kier molecular flexibility index (Phi) is 18.0. The van der Waals surface area contributed by atoms with Gasteiger partial charge in [-0.15, -0.1) is 0 Å². The van der Waals surface area contributed by atoms with E-state index >= 15 is 0 Å². The first kappa shape index (κ1) is 25.8. The van der Waals surface area contributed by atoms with Crippen LogP contribution in [0.25, 0.3) is 0 Å². The predicted molar refractivity (Wildman–Crippen MR) is 103 cm³/mol. The highest BCUT2D eigenvalue weighted by Crippen LogP contribution is 2.14. The topological polar surface area (TPSA) is 66.4 Å². The Hall–Kier alpha value is -0.240. The predicted octanol–water partition coefficient (Wildman–Crippen LogP) is 3.54. The largest absolute Gasteiger partial charge is 0.394 e. The molecule has 0 radical (unpaired) electrons. The zero-order valence-corrected chi connectivity index (χ0v) is 17.6. The molecular weight excluding hydrogens is 336 g/mol. The van der Waals surface area contributed by atoms with E-state index in [-0.39, 0.29) is 12.7 Å². The zero-order chi connectivity index (χ0) is 19.6. The van der Waals surface area contributed by atoms with Gasteiger partial charge in [-0.2, -0.15) is 0 Å². The smallest absolute Gasteiger partial charge is 0.183 e. The molecule has 0 aromatic rings. The fourth-order valence-electron chi connectivity index (χ4n) is 2.36. The highest BCUT2D eigenvalue weighted by atomic mass is 16.7. The van der Waals surface area contributed by atoms with Crippen LogP contribution in [-0.2, 0) is 23.7 Å². The number of ether oxygens (including phenoxy) is 5. The van der Waals surface area contributed by atoms with Gasteiger partial charge < -0.3 is 28.8 Å². The number of methoxy groups -OCH3 is 1. The van der Waals surface area contributed by atoms with Crippen LogP contribution < -0.4 is 0 Å². The van der Waals surface area contributed by atoms with E-state index in [4.69, 9.17) is 23.7 Å². The third-order valence-electron chi connectivity index (χ3n) is 4.15. The van der Waals surface area contributed by atoms with Crippen LogP contribution in [0.5, 0.6) is 0 Å². The summed E-state index contributed by atoms with van der Waals surface area (Å²) < 4.78 is 28.9. The maximum absolute atomic E-state index is 9.76. The van der Waals surface area contributed by atoms with Gasteiger partial charge in [0.1, 0.15) is 18.3 Å². The van der Waals surface area contributed by atoms with E-state index in [0.717, 1.165) is 38.5 Å². The van der Waals surface area contributed by atoms with Crippen molar-refractivity contribution in [3.8, 4) is 0 Å². The summed E-state index contributed by atoms with van der Waals surface area (Å²) in [5, 5.41) is 9.76. The summed E-state index contributed by atoms with van der Waals surface area (Å²) in [5.74, 6) is 0. The SMILES string of the molecule is CCCCOCC(O[C@@H](OC)[C@H](C)OCCCC)[C@@H](CO)OCCCC. The molecule has 0 heterocycles. The van der Waals surface area contributed by atoms with Crippen LogP contribution in [0.1, 0.15) is 66.2 Å². The standard InChI is InChI=1S/C20H42O6/c1-6-9-12-23-16-19(18(15-21)25-14-11-8-3)26-20(22-5)17(4)24-13-10-7-2/h17-21H,6-16H2,1-5H3/t17-,18+,19?,20+/m0/s1. The number of hydrogen-bond acceptors (Lipinski definition) is 6. The van der Waals surface area contributed by atoms with Gasteiger partial charge in [-0.05, 0) is 26.2 Å². The fourth-order valence-corrected chi connectivity index (χ4v) is 2.36. The van der Waals surface area contributed by atoms with Gasteiger partial charge in [0.15, 0.2) is 6.29 Å². The Morgan fingerprint density at radius 2 is 1.38 bits per heavy atom. The molecule has 1 unspecified atom stereocenters. The van der Waals surface area contributed by atoms with Crippen LogP contribution in [0.15, 0.2) is 0 Å². The van der Waals surface area contributed by atoms with Crippen LogP contribution >= 0.6 is 0 Å². The molecule has 0 rings (SSSR count).